The first-order chi connectivity index (χ1) is 13.6. The van der Waals surface area contributed by atoms with Crippen molar-refractivity contribution in [3.8, 4) is 11.1 Å². The first-order valence-corrected chi connectivity index (χ1v) is 10.5. The van der Waals surface area contributed by atoms with E-state index < -0.39 is 12.1 Å². The van der Waals surface area contributed by atoms with Gasteiger partial charge in [-0.3, -0.25) is 4.79 Å². The summed E-state index contributed by atoms with van der Waals surface area (Å²) >= 11 is 1.41. The molecule has 0 spiro atoms. The molecule has 1 atom stereocenters. The van der Waals surface area contributed by atoms with Crippen LogP contribution >= 0.6 is 11.3 Å². The molecule has 2 heterocycles. The van der Waals surface area contributed by atoms with Crippen LogP contribution in [-0.2, 0) is 14.3 Å². The van der Waals surface area contributed by atoms with Gasteiger partial charge in [0.25, 0.3) is 5.91 Å². The van der Waals surface area contributed by atoms with Gasteiger partial charge >= 0.3 is 5.97 Å². The highest BCUT2D eigenvalue weighted by Crippen LogP contribution is 2.39. The fourth-order valence-corrected chi connectivity index (χ4v) is 4.24. The third kappa shape index (κ3) is 4.36. The number of carbonyl (C=O) groups is 2. The van der Waals surface area contributed by atoms with Crippen LogP contribution in [0.25, 0.3) is 11.1 Å². The molecule has 1 aliphatic heterocycles. The average molecular weight is 401 g/mol. The molecule has 1 saturated heterocycles. The molecule has 6 nitrogen and oxygen atoms in total. The minimum atomic E-state index is -0.804. The number of amides is 1. The number of ether oxygens (including phenoxy) is 2. The third-order valence-corrected chi connectivity index (χ3v) is 6.05. The quantitative estimate of drug-likeness (QED) is 0.755. The number of esters is 1. The van der Waals surface area contributed by atoms with E-state index >= 15 is 0 Å². The fraction of sp³-hybridized carbons (Fsp3) is 0.429. The van der Waals surface area contributed by atoms with E-state index in [0.29, 0.717) is 18.1 Å². The van der Waals surface area contributed by atoms with Crippen molar-refractivity contribution in [2.45, 2.75) is 31.9 Å². The highest BCUT2D eigenvalue weighted by Gasteiger charge is 2.28. The average Bonchev–Trinajstić information content (AvgIpc) is 3.42. The molecule has 1 unspecified atom stereocenters. The highest BCUT2D eigenvalue weighted by molar-refractivity contribution is 7.18. The number of anilines is 1. The molecule has 1 N–H and O–H groups in total. The first-order valence-electron chi connectivity index (χ1n) is 9.65. The standard InChI is InChI=1S/C21H24N2O4S/c1-14(19(24)22-16-7-8-16)27-21(25)18-13-17(15-5-3-2-4-6-15)20(28-18)23-9-11-26-12-10-23/h2-6,13-14,16H,7-12H2,1H3,(H,22,24). The van der Waals surface area contributed by atoms with Gasteiger partial charge in [0.15, 0.2) is 6.10 Å². The number of thiophene rings is 1. The number of nitrogens with zero attached hydrogens (tertiary/aromatic N) is 1. The smallest absolute Gasteiger partial charge is 0.349 e. The summed E-state index contributed by atoms with van der Waals surface area (Å²) in [4.78, 5) is 27.6. The van der Waals surface area contributed by atoms with E-state index in [9.17, 15) is 9.59 Å². The van der Waals surface area contributed by atoms with Crippen LogP contribution in [0.1, 0.15) is 29.4 Å². The number of carbonyl (C=O) groups excluding carboxylic acids is 2. The van der Waals surface area contributed by atoms with Crippen LogP contribution < -0.4 is 10.2 Å². The molecule has 4 rings (SSSR count). The van der Waals surface area contributed by atoms with E-state index in [0.717, 1.165) is 42.1 Å². The van der Waals surface area contributed by atoms with E-state index in [1.165, 1.54) is 11.3 Å². The fourth-order valence-electron chi connectivity index (χ4n) is 3.13. The predicted octanol–water partition coefficient (Wildman–Crippen LogP) is 3.08. The van der Waals surface area contributed by atoms with Gasteiger partial charge in [-0.1, -0.05) is 30.3 Å². The number of nitrogens with one attached hydrogen (secondary N) is 1. The normalized spacial score (nSPS) is 17.8. The number of hydrogen-bond acceptors (Lipinski definition) is 6. The van der Waals surface area contributed by atoms with E-state index in [1.54, 1.807) is 6.92 Å². The molecule has 28 heavy (non-hydrogen) atoms. The van der Waals surface area contributed by atoms with Gasteiger partial charge in [0.2, 0.25) is 0 Å². The summed E-state index contributed by atoms with van der Waals surface area (Å²) in [5, 5.41) is 3.91. The second kappa shape index (κ2) is 8.32. The van der Waals surface area contributed by atoms with Gasteiger partial charge in [0, 0.05) is 24.7 Å². The molecule has 148 valence electrons. The summed E-state index contributed by atoms with van der Waals surface area (Å²) in [5.74, 6) is -0.691. The minimum absolute atomic E-state index is 0.232. The summed E-state index contributed by atoms with van der Waals surface area (Å²) < 4.78 is 10.9. The maximum absolute atomic E-state index is 12.7. The van der Waals surface area contributed by atoms with Crippen LogP contribution in [0.4, 0.5) is 5.00 Å². The number of morpholine rings is 1. The first kappa shape index (κ1) is 19.0. The Morgan fingerprint density at radius 3 is 2.61 bits per heavy atom. The molecular weight excluding hydrogens is 376 g/mol. The van der Waals surface area contributed by atoms with Gasteiger partial charge in [-0.2, -0.15) is 0 Å². The molecule has 1 aromatic carbocycles. The molecule has 1 aromatic heterocycles. The lowest BCUT2D eigenvalue weighted by Gasteiger charge is -2.28. The Bertz CT molecular complexity index is 841. The molecule has 7 heteroatoms. The molecule has 1 aliphatic carbocycles. The lowest BCUT2D eigenvalue weighted by Crippen LogP contribution is -2.37. The Hall–Kier alpha value is -2.38. The molecule has 0 bridgehead atoms. The second-order valence-electron chi connectivity index (χ2n) is 7.13. The Kier molecular flexibility index (Phi) is 5.64. The van der Waals surface area contributed by atoms with Gasteiger partial charge in [-0.25, -0.2) is 4.79 Å². The van der Waals surface area contributed by atoms with Gasteiger partial charge in [-0.15, -0.1) is 11.3 Å². The van der Waals surface area contributed by atoms with Crippen LogP contribution in [0.3, 0.4) is 0 Å². The van der Waals surface area contributed by atoms with Crippen LogP contribution in [-0.4, -0.2) is 50.3 Å². The summed E-state index contributed by atoms with van der Waals surface area (Å²) in [6.07, 6.45) is 1.20. The van der Waals surface area contributed by atoms with Crippen molar-refractivity contribution < 1.29 is 19.1 Å². The summed E-state index contributed by atoms with van der Waals surface area (Å²) in [6, 6.07) is 12.1. The summed E-state index contributed by atoms with van der Waals surface area (Å²) in [6.45, 7) is 4.53. The van der Waals surface area contributed by atoms with Crippen molar-refractivity contribution in [1.82, 2.24) is 5.32 Å². The molecule has 2 aliphatic rings. The molecule has 2 fully saturated rings. The van der Waals surface area contributed by atoms with Crippen LogP contribution in [0.15, 0.2) is 36.4 Å². The van der Waals surface area contributed by atoms with Crippen molar-refractivity contribution >= 4 is 28.2 Å². The molecule has 0 radical (unpaired) electrons. The second-order valence-corrected chi connectivity index (χ2v) is 8.16. The number of rotatable bonds is 6. The van der Waals surface area contributed by atoms with Gasteiger partial charge in [-0.05, 0) is 31.4 Å². The molecule has 1 saturated carbocycles. The van der Waals surface area contributed by atoms with Crippen LogP contribution in [0.5, 0.6) is 0 Å². The predicted molar refractivity (Wildman–Crippen MR) is 109 cm³/mol. The zero-order chi connectivity index (χ0) is 19.5. The van der Waals surface area contributed by atoms with Crippen LogP contribution in [0, 0.1) is 0 Å². The number of hydrogen-bond donors (Lipinski definition) is 1. The Morgan fingerprint density at radius 2 is 1.93 bits per heavy atom. The van der Waals surface area contributed by atoms with Gasteiger partial charge < -0.3 is 19.7 Å². The van der Waals surface area contributed by atoms with E-state index in [-0.39, 0.29) is 11.9 Å². The zero-order valence-corrected chi connectivity index (χ0v) is 16.7. The van der Waals surface area contributed by atoms with Crippen molar-refractivity contribution in [3.05, 3.63) is 41.3 Å². The number of benzene rings is 1. The molecule has 1 amide bonds. The van der Waals surface area contributed by atoms with Crippen molar-refractivity contribution in [3.63, 3.8) is 0 Å². The van der Waals surface area contributed by atoms with E-state index in [2.05, 4.69) is 10.2 Å². The summed E-state index contributed by atoms with van der Waals surface area (Å²) in [7, 11) is 0. The Balaban J connectivity index is 1.55. The van der Waals surface area contributed by atoms with E-state index in [4.69, 9.17) is 9.47 Å². The summed E-state index contributed by atoms with van der Waals surface area (Å²) in [5.41, 5.74) is 2.06. The Labute approximate surface area is 168 Å². The maximum atomic E-state index is 12.7. The Morgan fingerprint density at radius 1 is 1.21 bits per heavy atom. The topological polar surface area (TPSA) is 67.9 Å². The van der Waals surface area contributed by atoms with Crippen molar-refractivity contribution in [2.75, 3.05) is 31.2 Å². The third-order valence-electron chi connectivity index (χ3n) is 4.87. The van der Waals surface area contributed by atoms with Crippen molar-refractivity contribution in [1.29, 1.82) is 0 Å². The SMILES string of the molecule is CC(OC(=O)c1cc(-c2ccccc2)c(N2CCOCC2)s1)C(=O)NC1CC1. The monoisotopic (exact) mass is 400 g/mol. The van der Waals surface area contributed by atoms with Crippen LogP contribution in [0.2, 0.25) is 0 Å². The molecule has 2 aromatic rings. The van der Waals surface area contributed by atoms with Gasteiger partial charge in [0.1, 0.15) is 4.88 Å². The maximum Gasteiger partial charge on any atom is 0.349 e. The molecular formula is C21H24N2O4S. The minimum Gasteiger partial charge on any atom is -0.448 e. The lowest BCUT2D eigenvalue weighted by atomic mass is 10.1. The van der Waals surface area contributed by atoms with E-state index in [1.807, 2.05) is 36.4 Å². The highest BCUT2D eigenvalue weighted by atomic mass is 32.1. The van der Waals surface area contributed by atoms with Crippen molar-refractivity contribution in [2.24, 2.45) is 0 Å². The zero-order valence-electron chi connectivity index (χ0n) is 15.8. The van der Waals surface area contributed by atoms with Gasteiger partial charge in [0.05, 0.1) is 18.2 Å². The largest absolute Gasteiger partial charge is 0.448 e. The lowest BCUT2D eigenvalue weighted by molar-refractivity contribution is -0.129.